The third kappa shape index (κ3) is 3.13. The van der Waals surface area contributed by atoms with E-state index in [2.05, 4.69) is 32.8 Å². The van der Waals surface area contributed by atoms with Gasteiger partial charge in [0.1, 0.15) is 0 Å². The monoisotopic (exact) mass is 282 g/mol. The molecule has 0 saturated heterocycles. The number of nitrogens with zero attached hydrogens (tertiary/aromatic N) is 3. The molecule has 0 amide bonds. The van der Waals surface area contributed by atoms with Gasteiger partial charge in [0.05, 0.1) is 24.8 Å². The van der Waals surface area contributed by atoms with Crippen LogP contribution in [0.15, 0.2) is 53.8 Å². The molecule has 3 aromatic rings. The molecule has 0 atom stereocenters. The summed E-state index contributed by atoms with van der Waals surface area (Å²) in [6.07, 6.45) is 8.05. The van der Waals surface area contributed by atoms with Crippen LogP contribution in [0.2, 0.25) is 0 Å². The maximum Gasteiger partial charge on any atom is 0.181 e. The average Bonchev–Trinajstić information content (AvgIpc) is 3.18. The standard InChI is InChI=1S/C16H18N4O/c1-2-6-20-11-17-8-15(20)9-19-14-5-3-4-13(7-14)16-10-18-12-21-16/h3-5,7-8,10-12,19H,2,6,9H2,1H3. The van der Waals surface area contributed by atoms with Crippen LogP contribution in [-0.2, 0) is 13.1 Å². The Balaban J connectivity index is 1.71. The molecule has 2 heterocycles. The Morgan fingerprint density at radius 3 is 3.00 bits per heavy atom. The number of oxazole rings is 1. The van der Waals surface area contributed by atoms with Crippen molar-refractivity contribution in [2.75, 3.05) is 5.32 Å². The number of aromatic nitrogens is 3. The van der Waals surface area contributed by atoms with Crippen LogP contribution in [0.3, 0.4) is 0 Å². The molecule has 0 saturated carbocycles. The van der Waals surface area contributed by atoms with Gasteiger partial charge in [0.2, 0.25) is 0 Å². The van der Waals surface area contributed by atoms with Crippen LogP contribution >= 0.6 is 0 Å². The largest absolute Gasteiger partial charge is 0.444 e. The Labute approximate surface area is 123 Å². The zero-order valence-corrected chi connectivity index (χ0v) is 12.0. The molecule has 0 radical (unpaired) electrons. The van der Waals surface area contributed by atoms with Gasteiger partial charge < -0.3 is 14.3 Å². The fraction of sp³-hybridized carbons (Fsp3) is 0.250. The fourth-order valence-electron chi connectivity index (χ4n) is 2.27. The Hall–Kier alpha value is -2.56. The maximum absolute atomic E-state index is 5.32. The van der Waals surface area contributed by atoms with E-state index in [1.54, 1.807) is 6.20 Å². The number of nitrogens with one attached hydrogen (secondary N) is 1. The average molecular weight is 282 g/mol. The Morgan fingerprint density at radius 2 is 2.19 bits per heavy atom. The van der Waals surface area contributed by atoms with E-state index in [-0.39, 0.29) is 0 Å². The summed E-state index contributed by atoms with van der Waals surface area (Å²) in [4.78, 5) is 8.16. The van der Waals surface area contributed by atoms with Crippen molar-refractivity contribution in [2.45, 2.75) is 26.4 Å². The van der Waals surface area contributed by atoms with Crippen LogP contribution in [0.1, 0.15) is 19.0 Å². The lowest BCUT2D eigenvalue weighted by atomic mass is 10.1. The molecule has 0 aliphatic rings. The summed E-state index contributed by atoms with van der Waals surface area (Å²) in [7, 11) is 0. The van der Waals surface area contributed by atoms with Gasteiger partial charge >= 0.3 is 0 Å². The number of hydrogen-bond donors (Lipinski definition) is 1. The number of anilines is 1. The van der Waals surface area contributed by atoms with E-state index in [0.29, 0.717) is 0 Å². The van der Waals surface area contributed by atoms with E-state index in [0.717, 1.165) is 36.5 Å². The Kier molecular flexibility index (Phi) is 4.00. The molecule has 0 bridgehead atoms. The van der Waals surface area contributed by atoms with Gasteiger partial charge in [-0.1, -0.05) is 19.1 Å². The van der Waals surface area contributed by atoms with Crippen molar-refractivity contribution < 1.29 is 4.42 Å². The molecule has 0 unspecified atom stereocenters. The topological polar surface area (TPSA) is 55.9 Å². The molecule has 21 heavy (non-hydrogen) atoms. The van der Waals surface area contributed by atoms with Gasteiger partial charge in [-0.15, -0.1) is 0 Å². The molecule has 5 nitrogen and oxygen atoms in total. The lowest BCUT2D eigenvalue weighted by Gasteiger charge is -2.10. The Bertz CT molecular complexity index is 688. The summed E-state index contributed by atoms with van der Waals surface area (Å²) in [5, 5.41) is 3.43. The highest BCUT2D eigenvalue weighted by Crippen LogP contribution is 2.22. The van der Waals surface area contributed by atoms with Gasteiger partial charge in [0, 0.05) is 24.0 Å². The van der Waals surface area contributed by atoms with E-state index < -0.39 is 0 Å². The molecule has 0 aliphatic carbocycles. The van der Waals surface area contributed by atoms with Gasteiger partial charge in [-0.2, -0.15) is 0 Å². The minimum Gasteiger partial charge on any atom is -0.444 e. The normalized spacial score (nSPS) is 10.7. The first-order chi connectivity index (χ1) is 10.4. The van der Waals surface area contributed by atoms with Crippen LogP contribution in [0.4, 0.5) is 5.69 Å². The minimum atomic E-state index is 0.750. The van der Waals surface area contributed by atoms with E-state index >= 15 is 0 Å². The van der Waals surface area contributed by atoms with Crippen molar-refractivity contribution in [3.8, 4) is 11.3 Å². The summed E-state index contributed by atoms with van der Waals surface area (Å²) >= 11 is 0. The van der Waals surface area contributed by atoms with E-state index in [1.807, 2.05) is 30.7 Å². The van der Waals surface area contributed by atoms with E-state index in [1.165, 1.54) is 12.1 Å². The molecule has 1 N–H and O–H groups in total. The SMILES string of the molecule is CCCn1cncc1CNc1cccc(-c2cnco2)c1. The highest BCUT2D eigenvalue weighted by atomic mass is 16.3. The van der Waals surface area contributed by atoms with Crippen LogP contribution in [0.5, 0.6) is 0 Å². The molecule has 0 spiro atoms. The molecule has 3 rings (SSSR count). The van der Waals surface area contributed by atoms with Crippen molar-refractivity contribution in [1.82, 2.24) is 14.5 Å². The van der Waals surface area contributed by atoms with Gasteiger partial charge in [0.15, 0.2) is 12.2 Å². The quantitative estimate of drug-likeness (QED) is 0.751. The molecular formula is C16H18N4O. The second-order valence-corrected chi connectivity index (χ2v) is 4.88. The van der Waals surface area contributed by atoms with E-state index in [9.17, 15) is 0 Å². The third-order valence-corrected chi connectivity index (χ3v) is 3.32. The fourth-order valence-corrected chi connectivity index (χ4v) is 2.27. The lowest BCUT2D eigenvalue weighted by molar-refractivity contribution is 0.572. The summed E-state index contributed by atoms with van der Waals surface area (Å²) in [5.74, 6) is 0.773. The predicted molar refractivity (Wildman–Crippen MR) is 81.8 cm³/mol. The number of imidazole rings is 1. The highest BCUT2D eigenvalue weighted by molar-refractivity contribution is 5.63. The summed E-state index contributed by atoms with van der Waals surface area (Å²) in [6.45, 7) is 3.91. The summed E-state index contributed by atoms with van der Waals surface area (Å²) in [5.41, 5.74) is 3.25. The van der Waals surface area contributed by atoms with Gasteiger partial charge in [-0.25, -0.2) is 9.97 Å². The molecule has 2 aromatic heterocycles. The first-order valence-corrected chi connectivity index (χ1v) is 7.08. The molecule has 0 aliphatic heterocycles. The van der Waals surface area contributed by atoms with Gasteiger partial charge in [0.25, 0.3) is 0 Å². The van der Waals surface area contributed by atoms with Crippen molar-refractivity contribution in [3.63, 3.8) is 0 Å². The van der Waals surface area contributed by atoms with Crippen molar-refractivity contribution in [3.05, 3.63) is 55.1 Å². The number of hydrogen-bond acceptors (Lipinski definition) is 4. The maximum atomic E-state index is 5.32. The second kappa shape index (κ2) is 6.26. The summed E-state index contributed by atoms with van der Waals surface area (Å²) in [6, 6.07) is 8.11. The van der Waals surface area contributed by atoms with Crippen LogP contribution in [0.25, 0.3) is 11.3 Å². The van der Waals surface area contributed by atoms with E-state index in [4.69, 9.17) is 4.42 Å². The lowest BCUT2D eigenvalue weighted by Crippen LogP contribution is -2.06. The molecular weight excluding hydrogens is 264 g/mol. The van der Waals surface area contributed by atoms with Crippen LogP contribution in [-0.4, -0.2) is 14.5 Å². The summed E-state index contributed by atoms with van der Waals surface area (Å²) < 4.78 is 7.50. The van der Waals surface area contributed by atoms with Crippen LogP contribution < -0.4 is 5.32 Å². The smallest absolute Gasteiger partial charge is 0.181 e. The zero-order valence-electron chi connectivity index (χ0n) is 12.0. The molecule has 5 heteroatoms. The van der Waals surface area contributed by atoms with Gasteiger partial charge in [-0.3, -0.25) is 0 Å². The van der Waals surface area contributed by atoms with Crippen LogP contribution in [0, 0.1) is 0 Å². The predicted octanol–water partition coefficient (Wildman–Crippen LogP) is 3.56. The molecule has 0 fully saturated rings. The van der Waals surface area contributed by atoms with Crippen molar-refractivity contribution >= 4 is 5.69 Å². The first kappa shape index (κ1) is 13.4. The number of benzene rings is 1. The zero-order chi connectivity index (χ0) is 14.5. The number of aryl methyl sites for hydroxylation is 1. The van der Waals surface area contributed by atoms with Gasteiger partial charge in [-0.05, 0) is 18.6 Å². The van der Waals surface area contributed by atoms with Crippen molar-refractivity contribution in [2.24, 2.45) is 0 Å². The highest BCUT2D eigenvalue weighted by Gasteiger charge is 2.04. The first-order valence-electron chi connectivity index (χ1n) is 7.08. The number of rotatable bonds is 6. The Morgan fingerprint density at radius 1 is 1.24 bits per heavy atom. The minimum absolute atomic E-state index is 0.750. The second-order valence-electron chi connectivity index (χ2n) is 4.88. The molecule has 1 aromatic carbocycles. The van der Waals surface area contributed by atoms with Crippen molar-refractivity contribution in [1.29, 1.82) is 0 Å². The third-order valence-electron chi connectivity index (χ3n) is 3.32. The molecule has 108 valence electrons.